The number of benzene rings is 2. The highest BCUT2D eigenvalue weighted by molar-refractivity contribution is 7.89. The number of thiol groups is 1. The molecular formula is C19H18N2O5S2. The van der Waals surface area contributed by atoms with Gasteiger partial charge >= 0.3 is 0 Å². The molecule has 0 aromatic heterocycles. The SMILES string of the molecule is O=C1Nc2ccc(S(=O)(=O)N3CCC[C@H]3COc3ccccc3S)cc2C1=O. The number of para-hydroxylation sites is 1. The van der Waals surface area contributed by atoms with Crippen LogP contribution in [0.2, 0.25) is 0 Å². The van der Waals surface area contributed by atoms with Crippen LogP contribution in [0.3, 0.4) is 0 Å². The van der Waals surface area contributed by atoms with Crippen LogP contribution in [-0.2, 0) is 14.8 Å². The molecule has 7 nitrogen and oxygen atoms in total. The summed E-state index contributed by atoms with van der Waals surface area (Å²) in [5.41, 5.74) is 0.419. The summed E-state index contributed by atoms with van der Waals surface area (Å²) >= 11 is 4.34. The van der Waals surface area contributed by atoms with Crippen LogP contribution in [0, 0.1) is 0 Å². The average molecular weight is 418 g/mol. The fraction of sp³-hybridized carbons (Fsp3) is 0.263. The maximum absolute atomic E-state index is 13.1. The minimum Gasteiger partial charge on any atom is -0.491 e. The van der Waals surface area contributed by atoms with Gasteiger partial charge in [0.1, 0.15) is 12.4 Å². The Morgan fingerprint density at radius 2 is 1.96 bits per heavy atom. The molecule has 1 amide bonds. The molecule has 1 fully saturated rings. The lowest BCUT2D eigenvalue weighted by atomic mass is 10.1. The normalized spacial score (nSPS) is 19.5. The molecule has 0 spiro atoms. The highest BCUT2D eigenvalue weighted by atomic mass is 32.2. The number of carbonyl (C=O) groups excluding carboxylic acids is 2. The Labute approximate surface area is 168 Å². The summed E-state index contributed by atoms with van der Waals surface area (Å²) in [5, 5.41) is 2.42. The van der Waals surface area contributed by atoms with Crippen LogP contribution in [0.5, 0.6) is 5.75 Å². The van der Waals surface area contributed by atoms with E-state index in [0.29, 0.717) is 29.3 Å². The van der Waals surface area contributed by atoms with Crippen molar-refractivity contribution >= 4 is 40.0 Å². The highest BCUT2D eigenvalue weighted by Crippen LogP contribution is 2.31. The van der Waals surface area contributed by atoms with Crippen LogP contribution in [0.4, 0.5) is 5.69 Å². The number of rotatable bonds is 5. The molecular weight excluding hydrogens is 400 g/mol. The second-order valence-electron chi connectivity index (χ2n) is 6.68. The zero-order chi connectivity index (χ0) is 19.9. The first kappa shape index (κ1) is 19.0. The first-order valence-corrected chi connectivity index (χ1v) is 10.7. The molecule has 28 heavy (non-hydrogen) atoms. The minimum absolute atomic E-state index is 0.00223. The van der Waals surface area contributed by atoms with Crippen LogP contribution >= 0.6 is 12.6 Å². The fourth-order valence-corrected chi connectivity index (χ4v) is 5.41. The molecule has 1 saturated heterocycles. The topological polar surface area (TPSA) is 92.8 Å². The lowest BCUT2D eigenvalue weighted by molar-refractivity contribution is -0.112. The van der Waals surface area contributed by atoms with Crippen molar-refractivity contribution in [3.05, 3.63) is 48.0 Å². The van der Waals surface area contributed by atoms with Gasteiger partial charge in [-0.15, -0.1) is 12.6 Å². The Hall–Kier alpha value is -2.36. The quantitative estimate of drug-likeness (QED) is 0.574. The van der Waals surface area contributed by atoms with Crippen molar-refractivity contribution in [2.24, 2.45) is 0 Å². The Balaban J connectivity index is 1.56. The number of nitrogens with one attached hydrogen (secondary N) is 1. The van der Waals surface area contributed by atoms with E-state index in [1.807, 2.05) is 12.1 Å². The van der Waals surface area contributed by atoms with Gasteiger partial charge in [0.05, 0.1) is 22.2 Å². The van der Waals surface area contributed by atoms with Gasteiger partial charge in [0.25, 0.3) is 11.7 Å². The lowest BCUT2D eigenvalue weighted by Crippen LogP contribution is -2.39. The predicted molar refractivity (Wildman–Crippen MR) is 106 cm³/mol. The molecule has 0 saturated carbocycles. The second kappa shape index (κ2) is 7.23. The van der Waals surface area contributed by atoms with Gasteiger partial charge in [-0.05, 0) is 43.2 Å². The van der Waals surface area contributed by atoms with E-state index in [9.17, 15) is 18.0 Å². The number of hydrogen-bond acceptors (Lipinski definition) is 6. The second-order valence-corrected chi connectivity index (χ2v) is 9.05. The molecule has 4 rings (SSSR count). The number of fused-ring (bicyclic) bond motifs is 1. The predicted octanol–water partition coefficient (Wildman–Crippen LogP) is 2.34. The monoisotopic (exact) mass is 418 g/mol. The number of amides is 1. The molecule has 146 valence electrons. The van der Waals surface area contributed by atoms with Gasteiger partial charge in [-0.1, -0.05) is 12.1 Å². The number of anilines is 1. The fourth-order valence-electron chi connectivity index (χ4n) is 3.47. The van der Waals surface area contributed by atoms with Crippen molar-refractivity contribution in [1.29, 1.82) is 0 Å². The number of ether oxygens (including phenoxy) is 1. The molecule has 0 bridgehead atoms. The van der Waals surface area contributed by atoms with E-state index >= 15 is 0 Å². The van der Waals surface area contributed by atoms with E-state index in [2.05, 4.69) is 17.9 Å². The van der Waals surface area contributed by atoms with Crippen molar-refractivity contribution in [2.75, 3.05) is 18.5 Å². The molecule has 2 aliphatic heterocycles. The molecule has 2 heterocycles. The van der Waals surface area contributed by atoms with Gasteiger partial charge in [0, 0.05) is 11.4 Å². The van der Waals surface area contributed by atoms with E-state index in [1.54, 1.807) is 12.1 Å². The molecule has 0 unspecified atom stereocenters. The van der Waals surface area contributed by atoms with E-state index in [4.69, 9.17) is 4.74 Å². The highest BCUT2D eigenvalue weighted by Gasteiger charge is 2.37. The van der Waals surface area contributed by atoms with E-state index in [1.165, 1.54) is 22.5 Å². The number of hydrogen-bond donors (Lipinski definition) is 2. The third kappa shape index (κ3) is 3.30. The van der Waals surface area contributed by atoms with Crippen molar-refractivity contribution in [2.45, 2.75) is 28.7 Å². The molecule has 9 heteroatoms. The smallest absolute Gasteiger partial charge is 0.296 e. The van der Waals surface area contributed by atoms with E-state index in [-0.39, 0.29) is 23.1 Å². The van der Waals surface area contributed by atoms with Crippen LogP contribution in [-0.4, -0.2) is 43.6 Å². The van der Waals surface area contributed by atoms with Crippen molar-refractivity contribution in [3.63, 3.8) is 0 Å². The third-order valence-corrected chi connectivity index (χ3v) is 7.23. The summed E-state index contributed by atoms with van der Waals surface area (Å²) in [6, 6.07) is 11.1. The third-order valence-electron chi connectivity index (χ3n) is 4.92. The molecule has 2 aliphatic rings. The summed E-state index contributed by atoms with van der Waals surface area (Å²) in [7, 11) is -3.82. The van der Waals surface area contributed by atoms with Gasteiger partial charge < -0.3 is 10.1 Å². The number of Topliss-reactive ketones (excluding diaryl/α,β-unsaturated/α-hetero) is 1. The number of carbonyl (C=O) groups is 2. The summed E-state index contributed by atoms with van der Waals surface area (Å²) in [5.74, 6) is -0.871. The summed E-state index contributed by atoms with van der Waals surface area (Å²) in [6.07, 6.45) is 1.40. The van der Waals surface area contributed by atoms with Crippen LogP contribution in [0.1, 0.15) is 23.2 Å². The number of nitrogens with zero attached hydrogens (tertiary/aromatic N) is 1. The molecule has 0 aliphatic carbocycles. The Morgan fingerprint density at radius 1 is 1.18 bits per heavy atom. The minimum atomic E-state index is -3.82. The molecule has 1 N–H and O–H groups in total. The summed E-state index contributed by atoms with van der Waals surface area (Å²) in [6.45, 7) is 0.585. The van der Waals surface area contributed by atoms with E-state index < -0.39 is 21.7 Å². The summed E-state index contributed by atoms with van der Waals surface area (Å²) in [4.78, 5) is 24.1. The first-order chi connectivity index (χ1) is 13.4. The Kier molecular flexibility index (Phi) is 4.90. The van der Waals surface area contributed by atoms with Crippen LogP contribution < -0.4 is 10.1 Å². The lowest BCUT2D eigenvalue weighted by Gasteiger charge is -2.24. The van der Waals surface area contributed by atoms with Crippen molar-refractivity contribution in [1.82, 2.24) is 4.31 Å². The van der Waals surface area contributed by atoms with E-state index in [0.717, 1.165) is 6.42 Å². The Bertz CT molecular complexity index is 1070. The molecule has 1 atom stereocenters. The zero-order valence-electron chi connectivity index (χ0n) is 14.8. The van der Waals surface area contributed by atoms with Gasteiger partial charge in [-0.3, -0.25) is 9.59 Å². The first-order valence-electron chi connectivity index (χ1n) is 8.80. The maximum Gasteiger partial charge on any atom is 0.296 e. The summed E-state index contributed by atoms with van der Waals surface area (Å²) < 4.78 is 33.5. The van der Waals surface area contributed by atoms with Crippen molar-refractivity contribution in [3.8, 4) is 5.75 Å². The largest absolute Gasteiger partial charge is 0.491 e. The van der Waals surface area contributed by atoms with Gasteiger partial charge in [-0.25, -0.2) is 8.42 Å². The molecule has 0 radical (unpaired) electrons. The maximum atomic E-state index is 13.1. The molecule has 2 aromatic carbocycles. The number of sulfonamides is 1. The average Bonchev–Trinajstić information content (AvgIpc) is 3.26. The standard InChI is InChI=1S/C19H18N2O5S2/c22-18-14-10-13(7-8-15(14)20-19(18)23)28(24,25)21-9-3-4-12(21)11-26-16-5-1-2-6-17(16)27/h1-2,5-8,10,12,27H,3-4,9,11H2,(H,20,22,23)/t12-/m0/s1. The molecule has 2 aromatic rings. The number of ketones is 1. The van der Waals surface area contributed by atoms with Gasteiger partial charge in [-0.2, -0.15) is 4.31 Å². The van der Waals surface area contributed by atoms with Crippen LogP contribution in [0.15, 0.2) is 52.3 Å². The van der Waals surface area contributed by atoms with Crippen LogP contribution in [0.25, 0.3) is 0 Å². The van der Waals surface area contributed by atoms with Gasteiger partial charge in [0.2, 0.25) is 10.0 Å². The van der Waals surface area contributed by atoms with Gasteiger partial charge in [0.15, 0.2) is 0 Å². The zero-order valence-corrected chi connectivity index (χ0v) is 16.5. The Morgan fingerprint density at radius 3 is 2.75 bits per heavy atom. The van der Waals surface area contributed by atoms with Crippen molar-refractivity contribution < 1.29 is 22.7 Å².